The number of carbonyl (C=O) groups excluding carboxylic acids is 1. The lowest BCUT2D eigenvalue weighted by Gasteiger charge is -2.17. The summed E-state index contributed by atoms with van der Waals surface area (Å²) in [5.41, 5.74) is 1.32. The zero-order chi connectivity index (χ0) is 15.9. The summed E-state index contributed by atoms with van der Waals surface area (Å²) >= 11 is 3.40. The molecule has 1 atom stereocenters. The molecule has 0 aliphatic heterocycles. The first-order valence-electron chi connectivity index (χ1n) is 7.13. The molecule has 116 valence electrons. The minimum atomic E-state index is -0.434. The Labute approximate surface area is 138 Å². The number of anilines is 1. The number of benzene rings is 2. The lowest BCUT2D eigenvalue weighted by molar-refractivity contribution is -0.115. The van der Waals surface area contributed by atoms with Crippen LogP contribution in [0.15, 0.2) is 53.0 Å². The van der Waals surface area contributed by atoms with E-state index >= 15 is 0 Å². The molecular weight excluding hydrogens is 347 g/mol. The molecule has 1 amide bonds. The minimum absolute atomic E-state index is 0.0828. The highest BCUT2D eigenvalue weighted by Gasteiger charge is 2.11. The third kappa shape index (κ3) is 4.64. The van der Waals surface area contributed by atoms with Crippen LogP contribution in [0.25, 0.3) is 0 Å². The second kappa shape index (κ2) is 8.06. The Hall–Kier alpha value is -1.72. The lowest BCUT2D eigenvalue weighted by atomic mass is 10.0. The standard InChI is InChI=1S/C17H18BrFN2O/c1-2-15(12-7-9-13(18)10-8-12)20-11-17(22)21-16-6-4-3-5-14(16)19/h3-10,15,20H,2,11H2,1H3,(H,21,22)/t15-/m0/s1. The van der Waals surface area contributed by atoms with Crippen molar-refractivity contribution in [2.24, 2.45) is 0 Å². The van der Waals surface area contributed by atoms with Crippen LogP contribution < -0.4 is 10.6 Å². The maximum Gasteiger partial charge on any atom is 0.238 e. The molecule has 3 nitrogen and oxygen atoms in total. The van der Waals surface area contributed by atoms with Crippen molar-refractivity contribution >= 4 is 27.5 Å². The van der Waals surface area contributed by atoms with E-state index in [2.05, 4.69) is 33.5 Å². The van der Waals surface area contributed by atoms with Gasteiger partial charge in [0, 0.05) is 10.5 Å². The van der Waals surface area contributed by atoms with E-state index in [0.29, 0.717) is 0 Å². The molecule has 0 aliphatic rings. The molecule has 0 aliphatic carbocycles. The number of para-hydroxylation sites is 1. The summed E-state index contributed by atoms with van der Waals surface area (Å²) in [6.07, 6.45) is 0.856. The highest BCUT2D eigenvalue weighted by Crippen LogP contribution is 2.19. The second-order valence-corrected chi connectivity index (χ2v) is 5.84. The van der Waals surface area contributed by atoms with E-state index in [1.54, 1.807) is 18.2 Å². The number of nitrogens with one attached hydrogen (secondary N) is 2. The van der Waals surface area contributed by atoms with Crippen molar-refractivity contribution in [2.75, 3.05) is 11.9 Å². The summed E-state index contributed by atoms with van der Waals surface area (Å²) in [5.74, 6) is -0.698. The molecule has 5 heteroatoms. The molecule has 0 bridgehead atoms. The molecule has 0 fully saturated rings. The first-order chi connectivity index (χ1) is 10.6. The summed E-state index contributed by atoms with van der Waals surface area (Å²) in [4.78, 5) is 11.9. The number of amides is 1. The maximum absolute atomic E-state index is 13.5. The Morgan fingerprint density at radius 2 is 1.86 bits per heavy atom. The molecule has 0 radical (unpaired) electrons. The Balaban J connectivity index is 1.91. The van der Waals surface area contributed by atoms with Gasteiger partial charge in [0.1, 0.15) is 5.82 Å². The predicted octanol–water partition coefficient (Wildman–Crippen LogP) is 4.27. The van der Waals surface area contributed by atoms with Crippen LogP contribution in [0.3, 0.4) is 0 Å². The Morgan fingerprint density at radius 1 is 1.18 bits per heavy atom. The fourth-order valence-corrected chi connectivity index (χ4v) is 2.43. The van der Waals surface area contributed by atoms with E-state index in [-0.39, 0.29) is 24.2 Å². The second-order valence-electron chi connectivity index (χ2n) is 4.92. The van der Waals surface area contributed by atoms with Crippen LogP contribution in [0.2, 0.25) is 0 Å². The molecule has 0 unspecified atom stereocenters. The summed E-state index contributed by atoms with van der Waals surface area (Å²) in [5, 5.41) is 5.76. The number of carbonyl (C=O) groups is 1. The number of hydrogen-bond donors (Lipinski definition) is 2. The Kier molecular flexibility index (Phi) is 6.10. The Morgan fingerprint density at radius 3 is 2.50 bits per heavy atom. The van der Waals surface area contributed by atoms with Crippen molar-refractivity contribution in [1.82, 2.24) is 5.32 Å². The first kappa shape index (κ1) is 16.6. The average Bonchev–Trinajstić information content (AvgIpc) is 2.52. The highest BCUT2D eigenvalue weighted by molar-refractivity contribution is 9.10. The highest BCUT2D eigenvalue weighted by atomic mass is 79.9. The van der Waals surface area contributed by atoms with E-state index in [1.807, 2.05) is 24.3 Å². The molecule has 0 spiro atoms. The van der Waals surface area contributed by atoms with Gasteiger partial charge in [0.25, 0.3) is 0 Å². The van der Waals surface area contributed by atoms with Gasteiger partial charge in [-0.1, -0.05) is 47.1 Å². The zero-order valence-electron chi connectivity index (χ0n) is 12.3. The van der Waals surface area contributed by atoms with Gasteiger partial charge >= 0.3 is 0 Å². The van der Waals surface area contributed by atoms with Gasteiger partial charge < -0.3 is 10.6 Å². The third-order valence-corrected chi connectivity index (χ3v) is 3.87. The van der Waals surface area contributed by atoms with E-state index in [0.717, 1.165) is 16.5 Å². The van der Waals surface area contributed by atoms with Crippen LogP contribution in [0.5, 0.6) is 0 Å². The summed E-state index contributed by atoms with van der Waals surface area (Å²) in [7, 11) is 0. The van der Waals surface area contributed by atoms with Crippen LogP contribution in [-0.4, -0.2) is 12.5 Å². The number of rotatable bonds is 6. The summed E-state index contributed by atoms with van der Waals surface area (Å²) < 4.78 is 14.5. The number of hydrogen-bond acceptors (Lipinski definition) is 2. The quantitative estimate of drug-likeness (QED) is 0.803. The van der Waals surface area contributed by atoms with Gasteiger partial charge in [-0.3, -0.25) is 4.79 Å². The molecule has 0 aromatic heterocycles. The minimum Gasteiger partial charge on any atom is -0.322 e. The van der Waals surface area contributed by atoms with Crippen molar-refractivity contribution in [1.29, 1.82) is 0 Å². The maximum atomic E-state index is 13.5. The van der Waals surface area contributed by atoms with Crippen LogP contribution in [0.4, 0.5) is 10.1 Å². The van der Waals surface area contributed by atoms with Crippen molar-refractivity contribution < 1.29 is 9.18 Å². The predicted molar refractivity (Wildman–Crippen MR) is 90.2 cm³/mol. The van der Waals surface area contributed by atoms with Crippen molar-refractivity contribution in [3.05, 3.63) is 64.4 Å². The van der Waals surface area contributed by atoms with Crippen LogP contribution in [0, 0.1) is 5.82 Å². The molecule has 0 heterocycles. The molecule has 2 N–H and O–H groups in total. The summed E-state index contributed by atoms with van der Waals surface area (Å²) in [6.45, 7) is 2.18. The normalized spacial score (nSPS) is 12.0. The van der Waals surface area contributed by atoms with E-state index in [9.17, 15) is 9.18 Å². The fraction of sp³-hybridized carbons (Fsp3) is 0.235. The first-order valence-corrected chi connectivity index (χ1v) is 7.92. The monoisotopic (exact) mass is 364 g/mol. The van der Waals surface area contributed by atoms with Crippen molar-refractivity contribution in [3.63, 3.8) is 0 Å². The lowest BCUT2D eigenvalue weighted by Crippen LogP contribution is -2.31. The van der Waals surface area contributed by atoms with Gasteiger partial charge in [0.15, 0.2) is 0 Å². The van der Waals surface area contributed by atoms with Crippen LogP contribution in [0.1, 0.15) is 24.9 Å². The van der Waals surface area contributed by atoms with Gasteiger partial charge in [-0.25, -0.2) is 4.39 Å². The van der Waals surface area contributed by atoms with E-state index < -0.39 is 5.82 Å². The van der Waals surface area contributed by atoms with Gasteiger partial charge in [-0.2, -0.15) is 0 Å². The molecule has 2 aromatic rings. The Bertz CT molecular complexity index is 631. The zero-order valence-corrected chi connectivity index (χ0v) is 13.9. The fourth-order valence-electron chi connectivity index (χ4n) is 2.17. The third-order valence-electron chi connectivity index (χ3n) is 3.34. The van der Waals surface area contributed by atoms with Gasteiger partial charge in [0.2, 0.25) is 5.91 Å². The smallest absolute Gasteiger partial charge is 0.238 e. The van der Waals surface area contributed by atoms with E-state index in [4.69, 9.17) is 0 Å². The molecule has 0 saturated carbocycles. The van der Waals surface area contributed by atoms with Gasteiger partial charge in [0.05, 0.1) is 12.2 Å². The molecule has 2 aromatic carbocycles. The van der Waals surface area contributed by atoms with Crippen LogP contribution >= 0.6 is 15.9 Å². The largest absolute Gasteiger partial charge is 0.322 e. The van der Waals surface area contributed by atoms with Crippen molar-refractivity contribution in [3.8, 4) is 0 Å². The molecule has 0 saturated heterocycles. The molecule has 2 rings (SSSR count). The van der Waals surface area contributed by atoms with Crippen LogP contribution in [-0.2, 0) is 4.79 Å². The topological polar surface area (TPSA) is 41.1 Å². The van der Waals surface area contributed by atoms with Gasteiger partial charge in [-0.15, -0.1) is 0 Å². The van der Waals surface area contributed by atoms with Gasteiger partial charge in [-0.05, 0) is 36.2 Å². The average molecular weight is 365 g/mol. The molecule has 22 heavy (non-hydrogen) atoms. The van der Waals surface area contributed by atoms with E-state index in [1.165, 1.54) is 6.07 Å². The summed E-state index contributed by atoms with van der Waals surface area (Å²) in [6, 6.07) is 14.2. The SMILES string of the molecule is CC[C@H](NCC(=O)Nc1ccccc1F)c1ccc(Br)cc1. The molecular formula is C17H18BrFN2O. The number of halogens is 2. The van der Waals surface area contributed by atoms with Crippen molar-refractivity contribution in [2.45, 2.75) is 19.4 Å².